The Balaban J connectivity index is 2.27. The van der Waals surface area contributed by atoms with Crippen molar-refractivity contribution < 1.29 is 0 Å². The van der Waals surface area contributed by atoms with Gasteiger partial charge in [-0.05, 0) is 0 Å². The van der Waals surface area contributed by atoms with Crippen LogP contribution in [0.3, 0.4) is 0 Å². The second kappa shape index (κ2) is 10.7. The molecular weight excluding hydrogens is 2110 g/mol. The van der Waals surface area contributed by atoms with Gasteiger partial charge in [0.15, 0.2) is 0 Å². The van der Waals surface area contributed by atoms with E-state index < -0.39 is 60.5 Å². The highest BCUT2D eigenvalue weighted by Crippen LogP contribution is 3.43. The molecule has 0 aliphatic heterocycles. The fourth-order valence-electron chi connectivity index (χ4n) is 11.5. The predicted octanol–water partition coefficient (Wildman–Crippen LogP) is 18.7. The summed E-state index contributed by atoms with van der Waals surface area (Å²) in [5, 5.41) is 0. The Morgan fingerprint density at radius 2 is 0.200 bits per heavy atom. The summed E-state index contributed by atoms with van der Waals surface area (Å²) in [7, 11) is 0. The van der Waals surface area contributed by atoms with Crippen LogP contribution in [0, 0.1) is 43.3 Å². The van der Waals surface area contributed by atoms with Gasteiger partial charge >= 0.3 is 0 Å². The van der Waals surface area contributed by atoms with Crippen molar-refractivity contribution in [3.63, 3.8) is 0 Å². The first-order chi connectivity index (χ1) is 17.0. The zero-order valence-corrected chi connectivity index (χ0v) is 55.1. The largest absolute Gasteiger partial charge is 0.142 e. The second-order valence-electron chi connectivity index (χ2n) is 9.98. The van der Waals surface area contributed by atoms with Crippen molar-refractivity contribution in [1.29, 1.82) is 0 Å². The van der Waals surface area contributed by atoms with Gasteiger partial charge in [0.2, 0.25) is 0 Å². The third-order valence-corrected chi connectivity index (χ3v) is 24.4. The van der Waals surface area contributed by atoms with Crippen LogP contribution in [0.25, 0.3) is 0 Å². The van der Waals surface area contributed by atoms with Gasteiger partial charge in [0.25, 0.3) is 0 Å². The van der Waals surface area contributed by atoms with Gasteiger partial charge in [0.1, 0.15) is 17.1 Å². The van der Waals surface area contributed by atoms with Crippen LogP contribution in [0.5, 0.6) is 0 Å². The third-order valence-electron chi connectivity index (χ3n) is 10.2. The Bertz CT molecular complexity index is 863. The normalized spacial score (nSPS) is 49.8. The molecule has 40 heavy (non-hydrogen) atoms. The lowest BCUT2D eigenvalue weighted by atomic mass is 8.71. The molecule has 0 nitrogen and oxygen atoms in total. The number of halogens is 24. The lowest BCUT2D eigenvalue weighted by molar-refractivity contribution is -0.868. The molecule has 6 aliphatic carbocycles. The van der Waals surface area contributed by atoms with Crippen molar-refractivity contribution >= 4 is 382 Å². The highest BCUT2D eigenvalue weighted by molar-refractivity contribution is 9.42. The van der Waals surface area contributed by atoms with E-state index in [2.05, 4.69) is 382 Å². The van der Waals surface area contributed by atoms with Gasteiger partial charge in [-0.25, -0.2) is 0 Å². The summed E-state index contributed by atoms with van der Waals surface area (Å²) in [6.07, 6.45) is 0. The van der Waals surface area contributed by atoms with Crippen LogP contribution < -0.4 is 0 Å². The van der Waals surface area contributed by atoms with E-state index >= 15 is 0 Å². The minimum absolute atomic E-state index is 0.759. The molecule has 6 saturated carbocycles. The summed E-state index contributed by atoms with van der Waals surface area (Å²) in [4.78, 5) is 0. The molecule has 0 aromatic heterocycles. The fraction of sp³-hybridized carbons (Fsp3) is 1.00. The van der Waals surface area contributed by atoms with E-state index in [9.17, 15) is 0 Å². The fourth-order valence-corrected chi connectivity index (χ4v) is 32.9. The molecule has 6 rings (SSSR count). The van der Waals surface area contributed by atoms with E-state index in [0.29, 0.717) is 0 Å². The maximum Gasteiger partial charge on any atom is 0.142 e. The first-order valence-electron chi connectivity index (χ1n) is 9.54. The average molecular weight is 2110 g/mol. The van der Waals surface area contributed by atoms with Crippen LogP contribution >= 0.6 is 382 Å². The van der Waals surface area contributed by atoms with Gasteiger partial charge in [-0.15, -0.1) is 0 Å². The Morgan fingerprint density at radius 1 is 0.150 bits per heavy atom. The molecule has 0 aromatic rings. The van der Waals surface area contributed by atoms with Gasteiger partial charge < -0.3 is 0 Å². The number of hydrogen-bond acceptors (Lipinski definition) is 0. The highest BCUT2D eigenvalue weighted by atomic mass is 80.0. The molecule has 0 saturated heterocycles. The molecule has 24 heteroatoms. The van der Waals surface area contributed by atoms with Crippen LogP contribution in [0.15, 0.2) is 0 Å². The molecule has 0 amide bonds. The van der Waals surface area contributed by atoms with Crippen molar-refractivity contribution in [2.24, 2.45) is 43.3 Å². The van der Waals surface area contributed by atoms with Gasteiger partial charge in [-0.2, -0.15) is 0 Å². The van der Waals surface area contributed by atoms with E-state index in [1.165, 1.54) is 0 Å². The summed E-state index contributed by atoms with van der Waals surface area (Å²) in [5.74, 6) is 0. The molecule has 232 valence electrons. The molecule has 6 fully saturated rings. The zero-order valence-electron chi connectivity index (χ0n) is 17.1. The van der Waals surface area contributed by atoms with Crippen molar-refractivity contribution in [1.82, 2.24) is 0 Å². The molecule has 0 heterocycles. The van der Waals surface area contributed by atoms with Crippen LogP contribution in [0.4, 0.5) is 0 Å². The van der Waals surface area contributed by atoms with E-state index in [4.69, 9.17) is 0 Å². The van der Waals surface area contributed by atoms with E-state index in [1.54, 1.807) is 0 Å². The first-order valence-corrected chi connectivity index (χ1v) is 28.6. The van der Waals surface area contributed by atoms with Crippen LogP contribution in [0.1, 0.15) is 0 Å². The molecule has 6 aliphatic rings. The van der Waals surface area contributed by atoms with Crippen LogP contribution in [-0.4, -0.2) is 17.1 Å². The summed E-state index contributed by atoms with van der Waals surface area (Å²) in [5.41, 5.74) is -6.07. The lowest BCUT2D eigenvalue weighted by Gasteiger charge is -3.35. The Morgan fingerprint density at radius 3 is 0.225 bits per heavy atom. The van der Waals surface area contributed by atoms with Gasteiger partial charge in [-0.1, -0.05) is 382 Å². The summed E-state index contributed by atoms with van der Waals surface area (Å²) < 4.78 is -7.05. The minimum atomic E-state index is -0.882. The SMILES string of the molecule is BrC(Br)(Br)C12C3(C(Br)(Br)Br)C4(C(Br)(Br)Br)C1(C(Br)(Br)Br)C1(C(Br)(Br)Br)C2(C(Br)(Br)Br)C3(C(Br)(Br)Br)C41C(Br)(Br)Br. The molecule has 0 atom stereocenters. The standard InChI is InChI=1S/C16Br24/c17-9(18,19)1-2(10(20,21)22)5(13(29,30)31)3(1,11(23,24)25)7(15(35,36)37)4(1,12(26,27)28)6(2,14(32,33)34)8(5,7)16(38,39)40. The molecule has 0 unspecified atom stereocenters. The second-order valence-corrected chi connectivity index (χ2v) is 64.1. The maximum absolute atomic E-state index is 4.13. The van der Waals surface area contributed by atoms with Crippen LogP contribution in [0.2, 0.25) is 0 Å². The Hall–Kier alpha value is 11.5. The van der Waals surface area contributed by atoms with Crippen LogP contribution in [-0.2, 0) is 0 Å². The molecule has 0 bridgehead atoms. The third kappa shape index (κ3) is 3.18. The smallest absolute Gasteiger partial charge is 0.0592 e. The lowest BCUT2D eigenvalue weighted by Crippen LogP contribution is -3.40. The van der Waals surface area contributed by atoms with E-state index in [-0.39, 0.29) is 0 Å². The van der Waals surface area contributed by atoms with E-state index in [0.717, 1.165) is 0 Å². The summed E-state index contributed by atoms with van der Waals surface area (Å²) in [6.45, 7) is 0. The quantitative estimate of drug-likeness (QED) is 0.212. The average Bonchev–Trinajstić information content (AvgIpc) is 2.57. The molecule has 0 aromatic carbocycles. The summed E-state index contributed by atoms with van der Waals surface area (Å²) in [6, 6.07) is 0. The molecule has 0 radical (unpaired) electrons. The van der Waals surface area contributed by atoms with Crippen molar-refractivity contribution in [3.8, 4) is 0 Å². The van der Waals surface area contributed by atoms with Gasteiger partial charge in [0.05, 0.1) is 0 Å². The monoisotopic (exact) mass is 2090 g/mol. The first kappa shape index (κ1) is 42.7. The molecule has 0 spiro atoms. The predicted molar refractivity (Wildman–Crippen MR) is 256 cm³/mol. The maximum atomic E-state index is 4.13. The van der Waals surface area contributed by atoms with Crippen molar-refractivity contribution in [3.05, 3.63) is 0 Å². The van der Waals surface area contributed by atoms with Crippen molar-refractivity contribution in [2.45, 2.75) is 17.1 Å². The Labute approximate surface area is 432 Å². The zero-order chi connectivity index (χ0) is 32.0. The Kier molecular flexibility index (Phi) is 11.4. The number of alkyl halides is 24. The summed E-state index contributed by atoms with van der Waals surface area (Å²) >= 11 is 99.1. The van der Waals surface area contributed by atoms with Gasteiger partial charge in [0, 0.05) is 43.3 Å². The van der Waals surface area contributed by atoms with Gasteiger partial charge in [-0.3, -0.25) is 0 Å². The minimum Gasteiger partial charge on any atom is -0.0592 e. The number of hydrogen-bond donors (Lipinski definition) is 0. The van der Waals surface area contributed by atoms with E-state index in [1.807, 2.05) is 0 Å². The molecule has 0 N–H and O–H groups in total. The number of rotatable bonds is 0. The molecular formula is C16Br24. The van der Waals surface area contributed by atoms with Crippen molar-refractivity contribution in [2.75, 3.05) is 0 Å². The topological polar surface area (TPSA) is 0 Å². The highest BCUT2D eigenvalue weighted by Gasteiger charge is 3.46.